The molecule has 1 aliphatic carbocycles. The van der Waals surface area contributed by atoms with Crippen molar-refractivity contribution in [3.63, 3.8) is 0 Å². The van der Waals surface area contributed by atoms with Gasteiger partial charge in [0.15, 0.2) is 5.76 Å². The lowest BCUT2D eigenvalue weighted by Crippen LogP contribution is -2.12. The Labute approximate surface area is 167 Å². The van der Waals surface area contributed by atoms with Crippen molar-refractivity contribution >= 4 is 17.3 Å². The van der Waals surface area contributed by atoms with Gasteiger partial charge in [0.25, 0.3) is 11.6 Å². The third-order valence-electron chi connectivity index (χ3n) is 4.93. The predicted molar refractivity (Wildman–Crippen MR) is 107 cm³/mol. The number of amides is 1. The number of nitro groups is 1. The van der Waals surface area contributed by atoms with E-state index in [4.69, 9.17) is 9.15 Å². The Balaban J connectivity index is 1.41. The molecule has 2 aromatic carbocycles. The minimum Gasteiger partial charge on any atom is -0.486 e. The number of furan rings is 1. The standard InChI is InChI=1S/C22H20N2O5/c1-14-5-9-19(20(11-14)24(26)27)23-22(25)21-10-8-18(29-21)13-28-17-7-6-15-3-2-4-16(15)12-17/h5-12H,2-4,13H2,1H3,(H,23,25). The van der Waals surface area contributed by atoms with Crippen LogP contribution < -0.4 is 10.1 Å². The van der Waals surface area contributed by atoms with Gasteiger partial charge in [-0.3, -0.25) is 14.9 Å². The Morgan fingerprint density at radius 2 is 1.97 bits per heavy atom. The van der Waals surface area contributed by atoms with Crippen molar-refractivity contribution in [3.8, 4) is 5.75 Å². The summed E-state index contributed by atoms with van der Waals surface area (Å²) < 4.78 is 11.3. The van der Waals surface area contributed by atoms with Gasteiger partial charge >= 0.3 is 0 Å². The van der Waals surface area contributed by atoms with Crippen molar-refractivity contribution in [1.82, 2.24) is 0 Å². The highest BCUT2D eigenvalue weighted by Gasteiger charge is 2.19. The molecule has 1 heterocycles. The van der Waals surface area contributed by atoms with E-state index < -0.39 is 10.8 Å². The molecule has 1 aliphatic rings. The molecule has 0 saturated carbocycles. The van der Waals surface area contributed by atoms with Crippen LogP contribution >= 0.6 is 0 Å². The van der Waals surface area contributed by atoms with Gasteiger partial charge in [-0.05, 0) is 73.2 Å². The van der Waals surface area contributed by atoms with Crippen molar-refractivity contribution in [2.75, 3.05) is 5.32 Å². The third-order valence-corrected chi connectivity index (χ3v) is 4.93. The molecule has 0 unspecified atom stereocenters. The Morgan fingerprint density at radius 3 is 2.79 bits per heavy atom. The number of carbonyl (C=O) groups excluding carboxylic acids is 1. The van der Waals surface area contributed by atoms with Crippen LogP contribution in [0.4, 0.5) is 11.4 Å². The zero-order valence-corrected chi connectivity index (χ0v) is 15.9. The fourth-order valence-electron chi connectivity index (χ4n) is 3.45. The topological polar surface area (TPSA) is 94.6 Å². The summed E-state index contributed by atoms with van der Waals surface area (Å²) in [5.74, 6) is 0.769. The van der Waals surface area contributed by atoms with E-state index in [0.29, 0.717) is 5.76 Å². The van der Waals surface area contributed by atoms with Crippen molar-refractivity contribution in [3.05, 3.63) is 86.9 Å². The average Bonchev–Trinajstić information content (AvgIpc) is 3.36. The molecule has 7 nitrogen and oxygen atoms in total. The van der Waals surface area contributed by atoms with Crippen LogP contribution in [0.15, 0.2) is 52.9 Å². The first-order valence-electron chi connectivity index (χ1n) is 9.39. The van der Waals surface area contributed by atoms with Crippen LogP contribution in [-0.2, 0) is 19.4 Å². The van der Waals surface area contributed by atoms with Crippen LogP contribution in [0, 0.1) is 17.0 Å². The highest BCUT2D eigenvalue weighted by atomic mass is 16.6. The lowest BCUT2D eigenvalue weighted by atomic mass is 10.1. The molecular weight excluding hydrogens is 372 g/mol. The lowest BCUT2D eigenvalue weighted by Gasteiger charge is -2.07. The summed E-state index contributed by atoms with van der Waals surface area (Å²) in [6.45, 7) is 1.94. The zero-order chi connectivity index (χ0) is 20.4. The average molecular weight is 392 g/mol. The molecule has 3 aromatic rings. The predicted octanol–water partition coefficient (Wildman–Crippen LogP) is 4.82. The number of ether oxygens (including phenoxy) is 1. The smallest absolute Gasteiger partial charge is 0.293 e. The van der Waals surface area contributed by atoms with E-state index in [1.165, 1.54) is 35.7 Å². The van der Waals surface area contributed by atoms with Crippen LogP contribution in [0.1, 0.15) is 39.4 Å². The monoisotopic (exact) mass is 392 g/mol. The quantitative estimate of drug-likeness (QED) is 0.479. The second-order valence-corrected chi connectivity index (χ2v) is 7.07. The molecular formula is C22H20N2O5. The summed E-state index contributed by atoms with van der Waals surface area (Å²) in [5.41, 5.74) is 3.39. The van der Waals surface area contributed by atoms with Crippen LogP contribution in [0.2, 0.25) is 0 Å². The highest BCUT2D eigenvalue weighted by Crippen LogP contribution is 2.27. The molecule has 1 N–H and O–H groups in total. The van der Waals surface area contributed by atoms with Gasteiger partial charge in [-0.25, -0.2) is 0 Å². The maximum atomic E-state index is 12.4. The summed E-state index contributed by atoms with van der Waals surface area (Å²) in [5, 5.41) is 13.7. The van der Waals surface area contributed by atoms with Crippen LogP contribution in [0.5, 0.6) is 5.75 Å². The summed E-state index contributed by atoms with van der Waals surface area (Å²) in [6, 6.07) is 13.9. The SMILES string of the molecule is Cc1ccc(NC(=O)c2ccc(COc3ccc4c(c3)CCC4)o2)c([N+](=O)[O-])c1. The number of benzene rings is 2. The van der Waals surface area contributed by atoms with E-state index >= 15 is 0 Å². The van der Waals surface area contributed by atoms with Gasteiger partial charge in [0, 0.05) is 6.07 Å². The molecule has 7 heteroatoms. The number of nitrogens with zero attached hydrogens (tertiary/aromatic N) is 1. The third kappa shape index (κ3) is 4.13. The van der Waals surface area contributed by atoms with Crippen LogP contribution in [0.3, 0.4) is 0 Å². The molecule has 0 spiro atoms. The van der Waals surface area contributed by atoms with Gasteiger partial charge in [0.1, 0.15) is 23.8 Å². The Kier molecular flexibility index (Phi) is 5.03. The molecule has 29 heavy (non-hydrogen) atoms. The van der Waals surface area contributed by atoms with E-state index in [-0.39, 0.29) is 23.7 Å². The summed E-state index contributed by atoms with van der Waals surface area (Å²) in [4.78, 5) is 23.1. The molecule has 0 radical (unpaired) electrons. The minimum atomic E-state index is -0.555. The number of hydrogen-bond donors (Lipinski definition) is 1. The number of hydrogen-bond acceptors (Lipinski definition) is 5. The van der Waals surface area contributed by atoms with Crippen molar-refractivity contribution in [2.24, 2.45) is 0 Å². The van der Waals surface area contributed by atoms with Crippen molar-refractivity contribution < 1.29 is 18.9 Å². The van der Waals surface area contributed by atoms with Gasteiger partial charge in [-0.2, -0.15) is 0 Å². The molecule has 1 amide bonds. The number of anilines is 1. The van der Waals surface area contributed by atoms with E-state index in [1.54, 1.807) is 19.1 Å². The summed E-state index contributed by atoms with van der Waals surface area (Å²) in [6.07, 6.45) is 3.36. The highest BCUT2D eigenvalue weighted by molar-refractivity contribution is 6.03. The Hall–Kier alpha value is -3.61. The molecule has 0 fully saturated rings. The van der Waals surface area contributed by atoms with Crippen molar-refractivity contribution in [1.29, 1.82) is 0 Å². The number of nitrogens with one attached hydrogen (secondary N) is 1. The fraction of sp³-hybridized carbons (Fsp3) is 0.227. The zero-order valence-electron chi connectivity index (χ0n) is 15.9. The molecule has 0 saturated heterocycles. The minimum absolute atomic E-state index is 0.0624. The Bertz CT molecular complexity index is 1090. The van der Waals surface area contributed by atoms with E-state index in [2.05, 4.69) is 17.4 Å². The lowest BCUT2D eigenvalue weighted by molar-refractivity contribution is -0.384. The first kappa shape index (κ1) is 18.7. The fourth-order valence-corrected chi connectivity index (χ4v) is 3.45. The maximum absolute atomic E-state index is 12.4. The Morgan fingerprint density at radius 1 is 1.14 bits per heavy atom. The molecule has 0 aliphatic heterocycles. The maximum Gasteiger partial charge on any atom is 0.293 e. The van der Waals surface area contributed by atoms with Gasteiger partial charge in [0.05, 0.1) is 4.92 Å². The number of aryl methyl sites for hydroxylation is 3. The van der Waals surface area contributed by atoms with E-state index in [9.17, 15) is 14.9 Å². The van der Waals surface area contributed by atoms with E-state index in [0.717, 1.165) is 24.2 Å². The number of carbonyl (C=O) groups is 1. The summed E-state index contributed by atoms with van der Waals surface area (Å²) in [7, 11) is 0. The molecule has 148 valence electrons. The summed E-state index contributed by atoms with van der Waals surface area (Å²) >= 11 is 0. The first-order chi connectivity index (χ1) is 14.0. The van der Waals surface area contributed by atoms with Gasteiger partial charge in [-0.15, -0.1) is 0 Å². The first-order valence-corrected chi connectivity index (χ1v) is 9.39. The normalized spacial score (nSPS) is 12.4. The number of rotatable bonds is 6. The van der Waals surface area contributed by atoms with Gasteiger partial charge in [-0.1, -0.05) is 12.1 Å². The second-order valence-electron chi connectivity index (χ2n) is 7.07. The van der Waals surface area contributed by atoms with Crippen LogP contribution in [0.25, 0.3) is 0 Å². The second kappa shape index (κ2) is 7.79. The molecule has 1 aromatic heterocycles. The molecule has 0 bridgehead atoms. The van der Waals surface area contributed by atoms with Crippen LogP contribution in [-0.4, -0.2) is 10.8 Å². The largest absolute Gasteiger partial charge is 0.486 e. The van der Waals surface area contributed by atoms with Crippen molar-refractivity contribution in [2.45, 2.75) is 32.8 Å². The van der Waals surface area contributed by atoms with Gasteiger partial charge in [0.2, 0.25) is 0 Å². The van der Waals surface area contributed by atoms with E-state index in [1.807, 2.05) is 6.07 Å². The van der Waals surface area contributed by atoms with Gasteiger partial charge < -0.3 is 14.5 Å². The molecule has 0 atom stereocenters. The number of nitro benzene ring substituents is 1. The molecule has 4 rings (SSSR count). The number of fused-ring (bicyclic) bond motifs is 1.